The van der Waals surface area contributed by atoms with Crippen LogP contribution in [0.25, 0.3) is 0 Å². The maximum Gasteiger partial charge on any atom is 0.319 e. The van der Waals surface area contributed by atoms with E-state index in [1.54, 1.807) is 31.4 Å². The number of carbonyl (C=O) groups excluding carboxylic acids is 2. The van der Waals surface area contributed by atoms with Gasteiger partial charge in [-0.3, -0.25) is 9.78 Å². The molecule has 6 heteroatoms. The first-order valence-electron chi connectivity index (χ1n) is 8.19. The number of hydrogen-bond donors (Lipinski definition) is 0. The number of rotatable bonds is 2. The summed E-state index contributed by atoms with van der Waals surface area (Å²) in [6.07, 6.45) is 5.93. The first-order valence-corrected chi connectivity index (χ1v) is 8.19. The number of piperidine rings is 1. The lowest BCUT2D eigenvalue weighted by molar-refractivity contribution is -0.134. The second-order valence-electron chi connectivity index (χ2n) is 6.76. The van der Waals surface area contributed by atoms with Gasteiger partial charge >= 0.3 is 6.03 Å². The van der Waals surface area contributed by atoms with E-state index in [2.05, 4.69) is 4.98 Å². The highest BCUT2D eigenvalue weighted by molar-refractivity contribution is 5.79. The van der Waals surface area contributed by atoms with E-state index in [-0.39, 0.29) is 18.0 Å². The Balaban J connectivity index is 1.70. The Labute approximate surface area is 137 Å². The zero-order chi connectivity index (χ0) is 16.4. The highest BCUT2D eigenvalue weighted by Gasteiger charge is 2.38. The number of pyridine rings is 1. The Morgan fingerprint density at radius 3 is 2.61 bits per heavy atom. The highest BCUT2D eigenvalue weighted by Crippen LogP contribution is 2.28. The van der Waals surface area contributed by atoms with Crippen LogP contribution >= 0.6 is 0 Å². The van der Waals surface area contributed by atoms with Gasteiger partial charge in [-0.05, 0) is 36.5 Å². The van der Waals surface area contributed by atoms with E-state index in [4.69, 9.17) is 0 Å². The smallest absolute Gasteiger partial charge is 0.319 e. The fourth-order valence-electron chi connectivity index (χ4n) is 3.60. The van der Waals surface area contributed by atoms with Crippen molar-refractivity contribution in [2.24, 2.45) is 5.92 Å². The summed E-state index contributed by atoms with van der Waals surface area (Å²) in [7, 11) is 3.56. The van der Waals surface area contributed by atoms with Crippen molar-refractivity contribution in [1.82, 2.24) is 19.7 Å². The van der Waals surface area contributed by atoms with Gasteiger partial charge in [0.1, 0.15) is 0 Å². The molecule has 0 aromatic carbocycles. The SMILES string of the molecule is CN(C)C(=O)N1C[C@@H]2CC[C@H](C1)N(C(=O)Cc1ccncc1)C2. The van der Waals surface area contributed by atoms with Crippen molar-refractivity contribution in [2.45, 2.75) is 25.3 Å². The zero-order valence-corrected chi connectivity index (χ0v) is 13.8. The molecule has 0 aliphatic carbocycles. The van der Waals surface area contributed by atoms with Gasteiger partial charge < -0.3 is 14.7 Å². The Hall–Kier alpha value is -2.11. The molecule has 3 fully saturated rings. The summed E-state index contributed by atoms with van der Waals surface area (Å²) >= 11 is 0. The molecule has 23 heavy (non-hydrogen) atoms. The Bertz CT molecular complexity index is 575. The largest absolute Gasteiger partial charge is 0.337 e. The van der Waals surface area contributed by atoms with Crippen LogP contribution in [0.5, 0.6) is 0 Å². The van der Waals surface area contributed by atoms with Gasteiger partial charge in [0.2, 0.25) is 5.91 Å². The van der Waals surface area contributed by atoms with E-state index in [1.165, 1.54) is 0 Å². The third-order valence-electron chi connectivity index (χ3n) is 4.79. The molecule has 1 aromatic rings. The molecule has 0 N–H and O–H groups in total. The third kappa shape index (κ3) is 3.46. The molecule has 1 aromatic heterocycles. The van der Waals surface area contributed by atoms with Gasteiger partial charge in [-0.1, -0.05) is 0 Å². The normalized spacial score (nSPS) is 23.6. The molecule has 2 atom stereocenters. The van der Waals surface area contributed by atoms with Crippen LogP contribution < -0.4 is 0 Å². The summed E-state index contributed by atoms with van der Waals surface area (Å²) in [5.74, 6) is 0.545. The monoisotopic (exact) mass is 316 g/mol. The molecule has 0 radical (unpaired) electrons. The van der Waals surface area contributed by atoms with Crippen molar-refractivity contribution in [2.75, 3.05) is 33.7 Å². The predicted octanol–water partition coefficient (Wildman–Crippen LogP) is 1.23. The minimum Gasteiger partial charge on any atom is -0.337 e. The molecule has 124 valence electrons. The standard InChI is InChI=1S/C17H24N4O2/c1-19(2)17(23)20-10-14-3-4-15(12-20)21(11-14)16(22)9-13-5-7-18-8-6-13/h5-8,14-15H,3-4,9-12H2,1-2H3/t14-,15+/m0/s1. The maximum absolute atomic E-state index is 12.7. The van der Waals surface area contributed by atoms with Crippen LogP contribution in [-0.2, 0) is 11.2 Å². The van der Waals surface area contributed by atoms with Crippen molar-refractivity contribution < 1.29 is 9.59 Å². The fraction of sp³-hybridized carbons (Fsp3) is 0.588. The summed E-state index contributed by atoms with van der Waals surface area (Å²) in [4.78, 5) is 34.5. The number of nitrogens with zero attached hydrogens (tertiary/aromatic N) is 4. The zero-order valence-electron chi connectivity index (χ0n) is 13.8. The van der Waals surface area contributed by atoms with Crippen LogP contribution in [0.4, 0.5) is 4.79 Å². The van der Waals surface area contributed by atoms with Crippen LogP contribution in [0.3, 0.4) is 0 Å². The Kier molecular flexibility index (Phi) is 4.50. The van der Waals surface area contributed by atoms with E-state index < -0.39 is 0 Å². The van der Waals surface area contributed by atoms with Gasteiger partial charge in [0.25, 0.3) is 0 Å². The summed E-state index contributed by atoms with van der Waals surface area (Å²) in [6.45, 7) is 2.17. The van der Waals surface area contributed by atoms with E-state index in [9.17, 15) is 9.59 Å². The second-order valence-corrected chi connectivity index (χ2v) is 6.76. The van der Waals surface area contributed by atoms with Gasteiger partial charge in [-0.15, -0.1) is 0 Å². The summed E-state index contributed by atoms with van der Waals surface area (Å²) in [5.41, 5.74) is 0.992. The molecule has 2 bridgehead atoms. The summed E-state index contributed by atoms with van der Waals surface area (Å²) in [5, 5.41) is 0. The Morgan fingerprint density at radius 2 is 1.91 bits per heavy atom. The van der Waals surface area contributed by atoms with Crippen molar-refractivity contribution in [3.05, 3.63) is 30.1 Å². The molecule has 6 nitrogen and oxygen atoms in total. The first-order chi connectivity index (χ1) is 11.0. The van der Waals surface area contributed by atoms with Gasteiger partial charge in [-0.2, -0.15) is 0 Å². The van der Waals surface area contributed by atoms with E-state index >= 15 is 0 Å². The number of carbonyl (C=O) groups is 2. The molecule has 3 aliphatic rings. The average Bonchev–Trinajstić information content (AvgIpc) is 2.86. The fourth-order valence-corrected chi connectivity index (χ4v) is 3.60. The molecule has 0 unspecified atom stereocenters. The van der Waals surface area contributed by atoms with Crippen LogP contribution in [0.1, 0.15) is 18.4 Å². The maximum atomic E-state index is 12.7. The van der Waals surface area contributed by atoms with Crippen LogP contribution in [0, 0.1) is 5.92 Å². The predicted molar refractivity (Wildman–Crippen MR) is 86.8 cm³/mol. The lowest BCUT2D eigenvalue weighted by Gasteiger charge is -2.36. The topological polar surface area (TPSA) is 56.8 Å². The van der Waals surface area contributed by atoms with Gasteiger partial charge in [-0.25, -0.2) is 4.79 Å². The van der Waals surface area contributed by atoms with Gasteiger partial charge in [0.15, 0.2) is 0 Å². The second kappa shape index (κ2) is 6.56. The van der Waals surface area contributed by atoms with E-state index in [0.717, 1.165) is 31.5 Å². The first kappa shape index (κ1) is 15.8. The molecule has 0 spiro atoms. The quantitative estimate of drug-likeness (QED) is 0.824. The summed E-state index contributed by atoms with van der Waals surface area (Å²) in [6, 6.07) is 3.96. The summed E-state index contributed by atoms with van der Waals surface area (Å²) < 4.78 is 0. The van der Waals surface area contributed by atoms with Gasteiger partial charge in [0, 0.05) is 52.2 Å². The van der Waals surface area contributed by atoms with Crippen molar-refractivity contribution in [1.29, 1.82) is 0 Å². The Morgan fingerprint density at radius 1 is 1.17 bits per heavy atom. The minimum absolute atomic E-state index is 0.0466. The lowest BCUT2D eigenvalue weighted by Crippen LogP contribution is -2.49. The molecule has 0 saturated carbocycles. The van der Waals surface area contributed by atoms with Crippen LogP contribution in [0.15, 0.2) is 24.5 Å². The third-order valence-corrected chi connectivity index (χ3v) is 4.79. The molecule has 3 aliphatic heterocycles. The molecule has 3 amide bonds. The number of fused-ring (bicyclic) bond motifs is 4. The minimum atomic E-state index is 0.0466. The van der Waals surface area contributed by atoms with Crippen LogP contribution in [-0.4, -0.2) is 71.4 Å². The molecular formula is C17H24N4O2. The lowest BCUT2D eigenvalue weighted by atomic mass is 9.94. The number of hydrogen-bond acceptors (Lipinski definition) is 3. The van der Waals surface area contributed by atoms with Crippen molar-refractivity contribution in [3.63, 3.8) is 0 Å². The van der Waals surface area contributed by atoms with Crippen LogP contribution in [0.2, 0.25) is 0 Å². The van der Waals surface area contributed by atoms with E-state index in [1.807, 2.05) is 21.9 Å². The van der Waals surface area contributed by atoms with Gasteiger partial charge in [0.05, 0.1) is 6.42 Å². The van der Waals surface area contributed by atoms with Crippen molar-refractivity contribution in [3.8, 4) is 0 Å². The molecule has 3 saturated heterocycles. The molecular weight excluding hydrogens is 292 g/mol. The average molecular weight is 316 g/mol. The highest BCUT2D eigenvalue weighted by atomic mass is 16.2. The molecule has 4 heterocycles. The molecule has 4 rings (SSSR count). The number of urea groups is 1. The van der Waals surface area contributed by atoms with Crippen molar-refractivity contribution >= 4 is 11.9 Å². The number of aromatic nitrogens is 1. The number of amides is 3. The van der Waals surface area contributed by atoms with E-state index in [0.29, 0.717) is 18.9 Å².